The molecule has 0 aromatic rings. The molecule has 0 aromatic heterocycles. The van der Waals surface area contributed by atoms with Gasteiger partial charge in [-0.2, -0.15) is 0 Å². The average Bonchev–Trinajstić information content (AvgIpc) is 2.42. The molecular formula is C15H30N2O. The standard InChI is InChI=1S/C15H30N2O/c1-2-8-16-9-11-17(12-10-16)13-15(18)14-6-4-3-5-7-14/h14-15,18H,2-13H2,1H3. The fourth-order valence-electron chi connectivity index (χ4n) is 3.44. The van der Waals surface area contributed by atoms with Gasteiger partial charge < -0.3 is 10.0 Å². The smallest absolute Gasteiger partial charge is 0.0695 e. The van der Waals surface area contributed by atoms with E-state index in [1.807, 2.05) is 0 Å². The normalized spacial score (nSPS) is 26.3. The van der Waals surface area contributed by atoms with Gasteiger partial charge >= 0.3 is 0 Å². The third-order valence-corrected chi connectivity index (χ3v) is 4.64. The molecule has 2 aliphatic rings. The summed E-state index contributed by atoms with van der Waals surface area (Å²) >= 11 is 0. The van der Waals surface area contributed by atoms with Crippen LogP contribution in [0.1, 0.15) is 45.4 Å². The van der Waals surface area contributed by atoms with Crippen molar-refractivity contribution in [3.05, 3.63) is 0 Å². The molecule has 18 heavy (non-hydrogen) atoms. The molecule has 0 bridgehead atoms. The lowest BCUT2D eigenvalue weighted by Crippen LogP contribution is -2.49. The lowest BCUT2D eigenvalue weighted by atomic mass is 9.85. The van der Waals surface area contributed by atoms with Crippen LogP contribution in [0.3, 0.4) is 0 Å². The largest absolute Gasteiger partial charge is 0.392 e. The summed E-state index contributed by atoms with van der Waals surface area (Å²) in [4.78, 5) is 5.01. The van der Waals surface area contributed by atoms with Crippen LogP contribution in [0, 0.1) is 5.92 Å². The zero-order valence-electron chi connectivity index (χ0n) is 12.0. The van der Waals surface area contributed by atoms with Crippen LogP contribution < -0.4 is 0 Å². The van der Waals surface area contributed by atoms with Crippen molar-refractivity contribution in [3.8, 4) is 0 Å². The first-order chi connectivity index (χ1) is 8.79. The van der Waals surface area contributed by atoms with Crippen LogP contribution in [0.2, 0.25) is 0 Å². The van der Waals surface area contributed by atoms with Crippen molar-refractivity contribution in [1.82, 2.24) is 9.80 Å². The highest BCUT2D eigenvalue weighted by molar-refractivity contribution is 4.79. The van der Waals surface area contributed by atoms with Gasteiger partial charge in [0, 0.05) is 32.7 Å². The zero-order chi connectivity index (χ0) is 12.8. The van der Waals surface area contributed by atoms with E-state index in [2.05, 4.69) is 16.7 Å². The van der Waals surface area contributed by atoms with Crippen LogP contribution in [-0.2, 0) is 0 Å². The number of aliphatic hydroxyl groups excluding tert-OH is 1. The lowest BCUT2D eigenvalue weighted by Gasteiger charge is -2.37. The second kappa shape index (κ2) is 7.46. The minimum absolute atomic E-state index is 0.0805. The predicted octanol–water partition coefficient (Wildman–Crippen LogP) is 1.96. The van der Waals surface area contributed by atoms with E-state index in [-0.39, 0.29) is 6.10 Å². The number of piperazine rings is 1. The molecule has 3 heteroatoms. The van der Waals surface area contributed by atoms with Gasteiger partial charge in [0.05, 0.1) is 6.10 Å². The van der Waals surface area contributed by atoms with E-state index >= 15 is 0 Å². The minimum atomic E-state index is -0.0805. The van der Waals surface area contributed by atoms with Crippen molar-refractivity contribution >= 4 is 0 Å². The summed E-state index contributed by atoms with van der Waals surface area (Å²) in [6.45, 7) is 9.05. The Morgan fingerprint density at radius 3 is 2.22 bits per heavy atom. The SMILES string of the molecule is CCCN1CCN(CC(O)C2CCCCC2)CC1. The van der Waals surface area contributed by atoms with Gasteiger partial charge in [0.25, 0.3) is 0 Å². The van der Waals surface area contributed by atoms with Gasteiger partial charge in [-0.3, -0.25) is 4.90 Å². The Bertz CT molecular complexity index is 221. The Morgan fingerprint density at radius 1 is 1.00 bits per heavy atom. The molecule has 2 fully saturated rings. The monoisotopic (exact) mass is 254 g/mol. The number of aliphatic hydroxyl groups is 1. The maximum Gasteiger partial charge on any atom is 0.0695 e. The summed E-state index contributed by atoms with van der Waals surface area (Å²) in [6.07, 6.45) is 7.69. The Kier molecular flexibility index (Phi) is 5.93. The molecule has 0 spiro atoms. The molecule has 1 heterocycles. The molecule has 1 saturated carbocycles. The van der Waals surface area contributed by atoms with Gasteiger partial charge in [-0.25, -0.2) is 0 Å². The van der Waals surface area contributed by atoms with Gasteiger partial charge in [0.15, 0.2) is 0 Å². The molecule has 1 saturated heterocycles. The third kappa shape index (κ3) is 4.22. The summed E-state index contributed by atoms with van der Waals surface area (Å²) in [5.74, 6) is 0.576. The summed E-state index contributed by atoms with van der Waals surface area (Å²) in [5, 5.41) is 10.3. The topological polar surface area (TPSA) is 26.7 Å². The molecule has 1 N–H and O–H groups in total. The molecule has 0 amide bonds. The maximum absolute atomic E-state index is 10.3. The Morgan fingerprint density at radius 2 is 1.61 bits per heavy atom. The van der Waals surface area contributed by atoms with Gasteiger partial charge in [-0.05, 0) is 31.7 Å². The second-order valence-electron chi connectivity index (χ2n) is 6.11. The first kappa shape index (κ1) is 14.3. The van der Waals surface area contributed by atoms with Gasteiger partial charge in [0.2, 0.25) is 0 Å². The number of rotatable bonds is 5. The molecule has 1 atom stereocenters. The van der Waals surface area contributed by atoms with Crippen molar-refractivity contribution < 1.29 is 5.11 Å². The highest BCUT2D eigenvalue weighted by atomic mass is 16.3. The molecule has 1 unspecified atom stereocenters. The summed E-state index contributed by atoms with van der Waals surface area (Å²) in [5.41, 5.74) is 0. The fraction of sp³-hybridized carbons (Fsp3) is 1.00. The van der Waals surface area contributed by atoms with E-state index in [0.29, 0.717) is 5.92 Å². The van der Waals surface area contributed by atoms with Gasteiger partial charge in [0.1, 0.15) is 0 Å². The molecule has 1 aliphatic heterocycles. The second-order valence-corrected chi connectivity index (χ2v) is 6.11. The molecule has 0 aromatic carbocycles. The van der Waals surface area contributed by atoms with E-state index in [4.69, 9.17) is 0 Å². The fourth-order valence-corrected chi connectivity index (χ4v) is 3.44. The first-order valence-corrected chi connectivity index (χ1v) is 7.92. The molecule has 1 aliphatic carbocycles. The summed E-state index contributed by atoms with van der Waals surface area (Å²) in [7, 11) is 0. The Balaban J connectivity index is 1.67. The molecule has 3 nitrogen and oxygen atoms in total. The molecule has 0 radical (unpaired) electrons. The highest BCUT2D eigenvalue weighted by Gasteiger charge is 2.25. The lowest BCUT2D eigenvalue weighted by molar-refractivity contribution is 0.0295. The maximum atomic E-state index is 10.3. The number of hydrogen-bond acceptors (Lipinski definition) is 3. The third-order valence-electron chi connectivity index (χ3n) is 4.64. The summed E-state index contributed by atoms with van der Waals surface area (Å²) in [6, 6.07) is 0. The number of hydrogen-bond donors (Lipinski definition) is 1. The van der Waals surface area contributed by atoms with E-state index in [9.17, 15) is 5.11 Å². The van der Waals surface area contributed by atoms with Crippen molar-refractivity contribution in [3.63, 3.8) is 0 Å². The zero-order valence-corrected chi connectivity index (χ0v) is 12.0. The van der Waals surface area contributed by atoms with Gasteiger partial charge in [-0.15, -0.1) is 0 Å². The van der Waals surface area contributed by atoms with Crippen molar-refractivity contribution in [2.45, 2.75) is 51.6 Å². The van der Waals surface area contributed by atoms with Crippen LogP contribution in [-0.4, -0.2) is 60.3 Å². The Labute approximate surface area is 112 Å². The van der Waals surface area contributed by atoms with Crippen LogP contribution in [0.5, 0.6) is 0 Å². The predicted molar refractivity (Wildman–Crippen MR) is 75.8 cm³/mol. The van der Waals surface area contributed by atoms with Crippen molar-refractivity contribution in [1.29, 1.82) is 0 Å². The molecular weight excluding hydrogens is 224 g/mol. The van der Waals surface area contributed by atoms with Crippen LogP contribution in [0.4, 0.5) is 0 Å². The quantitative estimate of drug-likeness (QED) is 0.812. The summed E-state index contributed by atoms with van der Waals surface area (Å²) < 4.78 is 0. The number of nitrogens with zero attached hydrogens (tertiary/aromatic N) is 2. The van der Waals surface area contributed by atoms with E-state index < -0.39 is 0 Å². The minimum Gasteiger partial charge on any atom is -0.392 e. The molecule has 2 rings (SSSR count). The Hall–Kier alpha value is -0.120. The average molecular weight is 254 g/mol. The van der Waals surface area contributed by atoms with E-state index in [1.165, 1.54) is 58.2 Å². The van der Waals surface area contributed by atoms with E-state index in [1.54, 1.807) is 0 Å². The van der Waals surface area contributed by atoms with Crippen LogP contribution >= 0.6 is 0 Å². The van der Waals surface area contributed by atoms with Crippen molar-refractivity contribution in [2.75, 3.05) is 39.3 Å². The van der Waals surface area contributed by atoms with Gasteiger partial charge in [-0.1, -0.05) is 26.2 Å². The van der Waals surface area contributed by atoms with Crippen molar-refractivity contribution in [2.24, 2.45) is 5.92 Å². The van der Waals surface area contributed by atoms with Crippen LogP contribution in [0.25, 0.3) is 0 Å². The highest BCUT2D eigenvalue weighted by Crippen LogP contribution is 2.26. The van der Waals surface area contributed by atoms with E-state index in [0.717, 1.165) is 19.6 Å². The molecule has 106 valence electrons. The number of β-amino-alcohol motifs (C(OH)–C–C–N with tert-alkyl or cyclic N) is 1. The first-order valence-electron chi connectivity index (χ1n) is 7.92. The van der Waals surface area contributed by atoms with Crippen LogP contribution in [0.15, 0.2) is 0 Å².